The number of methoxy groups -OCH3 is 1. The molecular weight excluding hydrogens is 258 g/mol. The van der Waals surface area contributed by atoms with Gasteiger partial charge in [0, 0.05) is 13.2 Å². The lowest BCUT2D eigenvalue weighted by Crippen LogP contribution is -2.41. The first kappa shape index (κ1) is 16.2. The Labute approximate surface area is 119 Å². The third-order valence-electron chi connectivity index (χ3n) is 2.91. The van der Waals surface area contributed by atoms with Gasteiger partial charge in [-0.25, -0.2) is 0 Å². The van der Waals surface area contributed by atoms with E-state index in [1.165, 1.54) is 4.90 Å². The summed E-state index contributed by atoms with van der Waals surface area (Å²) in [6.45, 7) is 3.84. The van der Waals surface area contributed by atoms with Crippen LogP contribution in [0.2, 0.25) is 0 Å². The van der Waals surface area contributed by atoms with Gasteiger partial charge in [-0.1, -0.05) is 24.3 Å². The fourth-order valence-electron chi connectivity index (χ4n) is 1.98. The highest BCUT2D eigenvalue weighted by Gasteiger charge is 2.19. The molecule has 0 bridgehead atoms. The Kier molecular flexibility index (Phi) is 6.18. The number of aliphatic carboxylic acids is 1. The number of hydrogen-bond acceptors (Lipinski definition) is 3. The molecule has 0 atom stereocenters. The van der Waals surface area contributed by atoms with Crippen LogP contribution in [0.3, 0.4) is 0 Å². The molecule has 1 rings (SSSR count). The van der Waals surface area contributed by atoms with E-state index >= 15 is 0 Å². The highest BCUT2D eigenvalue weighted by atomic mass is 16.5. The second-order valence-corrected chi connectivity index (χ2v) is 4.94. The molecule has 20 heavy (non-hydrogen) atoms. The summed E-state index contributed by atoms with van der Waals surface area (Å²) in [5.74, 6) is -1.18. The molecule has 0 aromatic heterocycles. The van der Waals surface area contributed by atoms with E-state index in [2.05, 4.69) is 0 Å². The molecular formula is C15H21NO4. The zero-order chi connectivity index (χ0) is 15.1. The second kappa shape index (κ2) is 7.65. The van der Waals surface area contributed by atoms with Crippen LogP contribution in [0.15, 0.2) is 24.3 Å². The molecule has 1 aromatic carbocycles. The molecule has 0 heterocycles. The SMILES string of the molecule is COCc1cccc(CC(=O)N(CC(=O)O)C(C)C)c1. The minimum Gasteiger partial charge on any atom is -0.480 e. The van der Waals surface area contributed by atoms with Crippen LogP contribution in [0.5, 0.6) is 0 Å². The fraction of sp³-hybridized carbons (Fsp3) is 0.467. The molecule has 0 saturated carbocycles. The number of rotatable bonds is 7. The molecule has 0 aliphatic rings. The van der Waals surface area contributed by atoms with Crippen molar-refractivity contribution in [2.45, 2.75) is 32.9 Å². The summed E-state index contributed by atoms with van der Waals surface area (Å²) in [4.78, 5) is 24.4. The van der Waals surface area contributed by atoms with Gasteiger partial charge in [-0.2, -0.15) is 0 Å². The zero-order valence-electron chi connectivity index (χ0n) is 12.1. The number of amides is 1. The van der Waals surface area contributed by atoms with Crippen molar-refractivity contribution in [3.05, 3.63) is 35.4 Å². The Hall–Kier alpha value is -1.88. The Bertz CT molecular complexity index is 471. The van der Waals surface area contributed by atoms with E-state index < -0.39 is 5.97 Å². The first-order valence-corrected chi connectivity index (χ1v) is 6.52. The van der Waals surface area contributed by atoms with E-state index in [0.717, 1.165) is 11.1 Å². The number of benzene rings is 1. The fourth-order valence-corrected chi connectivity index (χ4v) is 1.98. The summed E-state index contributed by atoms with van der Waals surface area (Å²) in [7, 11) is 1.62. The van der Waals surface area contributed by atoms with Crippen LogP contribution in [0, 0.1) is 0 Å². The van der Waals surface area contributed by atoms with Crippen LogP contribution in [0.1, 0.15) is 25.0 Å². The van der Waals surface area contributed by atoms with Crippen molar-refractivity contribution in [1.29, 1.82) is 0 Å². The lowest BCUT2D eigenvalue weighted by Gasteiger charge is -2.25. The third-order valence-corrected chi connectivity index (χ3v) is 2.91. The van der Waals surface area contributed by atoms with E-state index in [1.807, 2.05) is 38.1 Å². The summed E-state index contributed by atoms with van der Waals surface area (Å²) in [5.41, 5.74) is 1.85. The van der Waals surface area contributed by atoms with E-state index in [0.29, 0.717) is 6.61 Å². The second-order valence-electron chi connectivity index (χ2n) is 4.94. The predicted molar refractivity (Wildman–Crippen MR) is 75.3 cm³/mol. The number of carbonyl (C=O) groups excluding carboxylic acids is 1. The minimum absolute atomic E-state index is 0.138. The van der Waals surface area contributed by atoms with Gasteiger partial charge in [0.25, 0.3) is 0 Å². The average molecular weight is 279 g/mol. The van der Waals surface area contributed by atoms with Crippen molar-refractivity contribution in [1.82, 2.24) is 4.90 Å². The molecule has 0 spiro atoms. The zero-order valence-corrected chi connectivity index (χ0v) is 12.1. The van der Waals surface area contributed by atoms with Crippen LogP contribution < -0.4 is 0 Å². The van der Waals surface area contributed by atoms with Gasteiger partial charge in [0.15, 0.2) is 0 Å². The number of carbonyl (C=O) groups is 2. The van der Waals surface area contributed by atoms with Gasteiger partial charge in [0.2, 0.25) is 5.91 Å². The summed E-state index contributed by atoms with van der Waals surface area (Å²) in [5, 5.41) is 8.85. The van der Waals surface area contributed by atoms with Gasteiger partial charge >= 0.3 is 5.97 Å². The Balaban J connectivity index is 2.77. The maximum absolute atomic E-state index is 12.2. The normalized spacial score (nSPS) is 10.6. The van der Waals surface area contributed by atoms with Gasteiger partial charge in [-0.3, -0.25) is 9.59 Å². The van der Waals surface area contributed by atoms with Gasteiger partial charge in [0.1, 0.15) is 6.54 Å². The van der Waals surface area contributed by atoms with Crippen molar-refractivity contribution in [3.8, 4) is 0 Å². The van der Waals surface area contributed by atoms with Crippen LogP contribution >= 0.6 is 0 Å². The molecule has 5 nitrogen and oxygen atoms in total. The number of nitrogens with zero attached hydrogens (tertiary/aromatic N) is 1. The quantitative estimate of drug-likeness (QED) is 0.825. The third kappa shape index (κ3) is 5.01. The highest BCUT2D eigenvalue weighted by molar-refractivity contribution is 5.83. The maximum Gasteiger partial charge on any atom is 0.323 e. The molecule has 0 radical (unpaired) electrons. The molecule has 0 aliphatic carbocycles. The summed E-state index contributed by atoms with van der Waals surface area (Å²) in [6.07, 6.45) is 0.197. The summed E-state index contributed by atoms with van der Waals surface area (Å²) < 4.78 is 5.05. The first-order chi connectivity index (χ1) is 9.43. The molecule has 0 unspecified atom stereocenters. The number of carboxylic acids is 1. The van der Waals surface area contributed by atoms with Gasteiger partial charge in [0.05, 0.1) is 13.0 Å². The van der Waals surface area contributed by atoms with Crippen molar-refractivity contribution < 1.29 is 19.4 Å². The monoisotopic (exact) mass is 279 g/mol. The van der Waals surface area contributed by atoms with E-state index in [1.54, 1.807) is 7.11 Å². The summed E-state index contributed by atoms with van der Waals surface area (Å²) in [6, 6.07) is 7.42. The molecule has 1 N–H and O–H groups in total. The van der Waals surface area contributed by atoms with Crippen molar-refractivity contribution >= 4 is 11.9 Å². The molecule has 0 aliphatic heterocycles. The Morgan fingerprint density at radius 2 is 1.95 bits per heavy atom. The molecule has 110 valence electrons. The van der Waals surface area contributed by atoms with Crippen molar-refractivity contribution in [2.24, 2.45) is 0 Å². The lowest BCUT2D eigenvalue weighted by molar-refractivity contribution is -0.145. The first-order valence-electron chi connectivity index (χ1n) is 6.52. The van der Waals surface area contributed by atoms with Gasteiger partial charge in [-0.05, 0) is 25.0 Å². The van der Waals surface area contributed by atoms with Crippen LogP contribution in [0.4, 0.5) is 0 Å². The molecule has 5 heteroatoms. The van der Waals surface area contributed by atoms with E-state index in [9.17, 15) is 9.59 Å². The largest absolute Gasteiger partial charge is 0.480 e. The average Bonchev–Trinajstić information content (AvgIpc) is 2.36. The van der Waals surface area contributed by atoms with Crippen LogP contribution in [-0.4, -0.2) is 41.6 Å². The smallest absolute Gasteiger partial charge is 0.323 e. The topological polar surface area (TPSA) is 66.8 Å². The summed E-state index contributed by atoms with van der Waals surface area (Å²) >= 11 is 0. The lowest BCUT2D eigenvalue weighted by atomic mass is 10.1. The van der Waals surface area contributed by atoms with Crippen LogP contribution in [0.25, 0.3) is 0 Å². The Morgan fingerprint density at radius 3 is 2.50 bits per heavy atom. The number of carboxylic acid groups (broad SMARTS) is 1. The predicted octanol–water partition coefficient (Wildman–Crippen LogP) is 1.70. The molecule has 1 aromatic rings. The van der Waals surface area contributed by atoms with Gasteiger partial charge in [-0.15, -0.1) is 0 Å². The molecule has 0 fully saturated rings. The highest BCUT2D eigenvalue weighted by Crippen LogP contribution is 2.10. The Morgan fingerprint density at radius 1 is 1.30 bits per heavy atom. The molecule has 0 saturated heterocycles. The molecule has 1 amide bonds. The number of hydrogen-bond donors (Lipinski definition) is 1. The van der Waals surface area contributed by atoms with Crippen molar-refractivity contribution in [3.63, 3.8) is 0 Å². The van der Waals surface area contributed by atoms with Gasteiger partial charge < -0.3 is 14.7 Å². The van der Waals surface area contributed by atoms with Crippen LogP contribution in [-0.2, 0) is 27.4 Å². The standard InChI is InChI=1S/C15H21NO4/c1-11(2)16(9-15(18)19)14(17)8-12-5-4-6-13(7-12)10-20-3/h4-7,11H,8-10H2,1-3H3,(H,18,19). The van der Waals surface area contributed by atoms with E-state index in [4.69, 9.17) is 9.84 Å². The van der Waals surface area contributed by atoms with Crippen molar-refractivity contribution in [2.75, 3.05) is 13.7 Å². The van der Waals surface area contributed by atoms with E-state index in [-0.39, 0.29) is 24.9 Å². The number of ether oxygens (including phenoxy) is 1. The maximum atomic E-state index is 12.2. The minimum atomic E-state index is -1.000.